The molecular weight excluding hydrogens is 278 g/mol. The summed E-state index contributed by atoms with van der Waals surface area (Å²) in [6, 6.07) is 8.11. The van der Waals surface area contributed by atoms with Gasteiger partial charge in [0, 0.05) is 38.9 Å². The molecule has 0 bridgehead atoms. The van der Waals surface area contributed by atoms with Crippen LogP contribution in [0, 0.1) is 0 Å². The molecule has 0 amide bonds. The van der Waals surface area contributed by atoms with Crippen LogP contribution >= 0.6 is 0 Å². The van der Waals surface area contributed by atoms with Gasteiger partial charge in [-0.15, -0.1) is 0 Å². The molecule has 0 aliphatic rings. The van der Waals surface area contributed by atoms with Gasteiger partial charge in [0.25, 0.3) is 0 Å². The van der Waals surface area contributed by atoms with Crippen LogP contribution in [0.5, 0.6) is 5.75 Å². The van der Waals surface area contributed by atoms with Crippen molar-refractivity contribution >= 4 is 5.96 Å². The van der Waals surface area contributed by atoms with Crippen LogP contribution in [0.1, 0.15) is 11.1 Å². The van der Waals surface area contributed by atoms with Crippen molar-refractivity contribution in [2.45, 2.75) is 13.0 Å². The van der Waals surface area contributed by atoms with Gasteiger partial charge >= 0.3 is 0 Å². The Kier molecular flexibility index (Phi) is 5.82. The summed E-state index contributed by atoms with van der Waals surface area (Å²) >= 11 is 0. The van der Waals surface area contributed by atoms with Gasteiger partial charge in [0.2, 0.25) is 0 Å². The molecule has 2 rings (SSSR count). The van der Waals surface area contributed by atoms with Gasteiger partial charge in [0.05, 0.1) is 13.3 Å². The summed E-state index contributed by atoms with van der Waals surface area (Å²) in [5, 5.41) is 10.7. The summed E-state index contributed by atoms with van der Waals surface area (Å²) in [6.07, 6.45) is 4.76. The van der Waals surface area contributed by atoms with Crippen molar-refractivity contribution in [3.05, 3.63) is 47.8 Å². The first-order chi connectivity index (χ1) is 10.7. The van der Waals surface area contributed by atoms with Crippen molar-refractivity contribution in [3.63, 3.8) is 0 Å². The number of hydrogen-bond acceptors (Lipinski definition) is 3. The zero-order chi connectivity index (χ0) is 15.8. The van der Waals surface area contributed by atoms with E-state index in [-0.39, 0.29) is 0 Å². The van der Waals surface area contributed by atoms with Gasteiger partial charge in [-0.25, -0.2) is 0 Å². The first kappa shape index (κ1) is 15.9. The van der Waals surface area contributed by atoms with E-state index in [2.05, 4.69) is 32.9 Å². The van der Waals surface area contributed by atoms with E-state index in [0.717, 1.165) is 30.2 Å². The van der Waals surface area contributed by atoms with Crippen molar-refractivity contribution in [3.8, 4) is 5.75 Å². The van der Waals surface area contributed by atoms with E-state index in [1.54, 1.807) is 18.8 Å². The van der Waals surface area contributed by atoms with Crippen molar-refractivity contribution in [1.29, 1.82) is 0 Å². The van der Waals surface area contributed by atoms with Gasteiger partial charge in [-0.3, -0.25) is 9.67 Å². The number of methoxy groups -OCH3 is 1. The van der Waals surface area contributed by atoms with Gasteiger partial charge in [0.1, 0.15) is 5.75 Å². The lowest BCUT2D eigenvalue weighted by Crippen LogP contribution is -2.37. The van der Waals surface area contributed by atoms with Gasteiger partial charge in [-0.05, 0) is 24.1 Å². The fourth-order valence-electron chi connectivity index (χ4n) is 2.09. The Morgan fingerprint density at radius 3 is 2.59 bits per heavy atom. The third-order valence-electron chi connectivity index (χ3n) is 3.31. The average Bonchev–Trinajstić information content (AvgIpc) is 2.96. The van der Waals surface area contributed by atoms with Crippen LogP contribution in [-0.4, -0.2) is 36.4 Å². The summed E-state index contributed by atoms with van der Waals surface area (Å²) in [5.74, 6) is 1.67. The Balaban J connectivity index is 1.73. The van der Waals surface area contributed by atoms with Gasteiger partial charge in [0.15, 0.2) is 5.96 Å². The van der Waals surface area contributed by atoms with Crippen LogP contribution in [-0.2, 0) is 20.0 Å². The Morgan fingerprint density at radius 1 is 1.23 bits per heavy atom. The second-order valence-electron chi connectivity index (χ2n) is 4.97. The molecule has 0 fully saturated rings. The van der Waals surface area contributed by atoms with Crippen molar-refractivity contribution < 1.29 is 4.74 Å². The second kappa shape index (κ2) is 8.07. The highest BCUT2D eigenvalue weighted by molar-refractivity contribution is 5.79. The molecule has 0 aliphatic carbocycles. The molecule has 0 radical (unpaired) electrons. The first-order valence-corrected chi connectivity index (χ1v) is 7.26. The summed E-state index contributed by atoms with van der Waals surface area (Å²) in [6.45, 7) is 1.52. The molecule has 6 heteroatoms. The lowest BCUT2D eigenvalue weighted by Gasteiger charge is -2.11. The standard InChI is InChI=1S/C16H23N5O/c1-17-16(19-10-14-11-20-21(2)12-14)18-9-8-13-4-6-15(22-3)7-5-13/h4-7,11-12H,8-10H2,1-3H3,(H2,17,18,19). The van der Waals surface area contributed by atoms with Crippen LogP contribution in [0.15, 0.2) is 41.7 Å². The van der Waals surface area contributed by atoms with E-state index < -0.39 is 0 Å². The molecule has 2 aromatic rings. The fraction of sp³-hybridized carbons (Fsp3) is 0.375. The summed E-state index contributed by atoms with van der Waals surface area (Å²) in [4.78, 5) is 4.22. The summed E-state index contributed by atoms with van der Waals surface area (Å²) in [5.41, 5.74) is 2.39. The first-order valence-electron chi connectivity index (χ1n) is 7.26. The Labute approximate surface area is 131 Å². The molecule has 0 saturated heterocycles. The Hall–Kier alpha value is -2.50. The van der Waals surface area contributed by atoms with Gasteiger partial charge < -0.3 is 15.4 Å². The van der Waals surface area contributed by atoms with E-state index in [4.69, 9.17) is 4.74 Å². The molecule has 0 saturated carbocycles. The van der Waals surface area contributed by atoms with Crippen molar-refractivity contribution in [1.82, 2.24) is 20.4 Å². The molecule has 6 nitrogen and oxygen atoms in total. The van der Waals surface area contributed by atoms with Crippen LogP contribution in [0.4, 0.5) is 0 Å². The molecular formula is C16H23N5O. The van der Waals surface area contributed by atoms with E-state index >= 15 is 0 Å². The Morgan fingerprint density at radius 2 is 2.00 bits per heavy atom. The largest absolute Gasteiger partial charge is 0.497 e. The number of benzene rings is 1. The minimum Gasteiger partial charge on any atom is -0.497 e. The molecule has 0 aliphatic heterocycles. The zero-order valence-corrected chi connectivity index (χ0v) is 13.3. The quantitative estimate of drug-likeness (QED) is 0.624. The number of ether oxygens (including phenoxy) is 1. The predicted octanol–water partition coefficient (Wildman–Crippen LogP) is 1.34. The third kappa shape index (κ3) is 4.80. The predicted molar refractivity (Wildman–Crippen MR) is 88.1 cm³/mol. The van der Waals surface area contributed by atoms with Crippen LogP contribution in [0.25, 0.3) is 0 Å². The second-order valence-corrected chi connectivity index (χ2v) is 4.97. The highest BCUT2D eigenvalue weighted by Crippen LogP contribution is 2.11. The molecule has 0 unspecified atom stereocenters. The molecule has 2 N–H and O–H groups in total. The summed E-state index contributed by atoms with van der Waals surface area (Å²) < 4.78 is 6.94. The monoisotopic (exact) mass is 301 g/mol. The lowest BCUT2D eigenvalue weighted by atomic mass is 10.1. The number of aromatic nitrogens is 2. The molecule has 1 heterocycles. The molecule has 118 valence electrons. The van der Waals surface area contributed by atoms with E-state index in [1.807, 2.05) is 31.6 Å². The maximum absolute atomic E-state index is 5.15. The number of guanidine groups is 1. The van der Waals surface area contributed by atoms with E-state index in [1.165, 1.54) is 5.56 Å². The molecule has 0 spiro atoms. The number of aliphatic imine (C=N–C) groups is 1. The van der Waals surface area contributed by atoms with E-state index in [9.17, 15) is 0 Å². The minimum atomic E-state index is 0.704. The Bertz CT molecular complexity index is 603. The van der Waals surface area contributed by atoms with Crippen molar-refractivity contribution in [2.24, 2.45) is 12.0 Å². The van der Waals surface area contributed by atoms with Gasteiger partial charge in [-0.1, -0.05) is 12.1 Å². The van der Waals surface area contributed by atoms with Crippen LogP contribution in [0.3, 0.4) is 0 Å². The fourth-order valence-corrected chi connectivity index (χ4v) is 2.09. The third-order valence-corrected chi connectivity index (χ3v) is 3.31. The maximum atomic E-state index is 5.15. The average molecular weight is 301 g/mol. The van der Waals surface area contributed by atoms with Crippen LogP contribution in [0.2, 0.25) is 0 Å². The molecule has 0 atom stereocenters. The van der Waals surface area contributed by atoms with Crippen molar-refractivity contribution in [2.75, 3.05) is 20.7 Å². The number of hydrogen-bond donors (Lipinski definition) is 2. The number of nitrogens with one attached hydrogen (secondary N) is 2. The normalized spacial score (nSPS) is 11.3. The number of aryl methyl sites for hydroxylation is 1. The lowest BCUT2D eigenvalue weighted by molar-refractivity contribution is 0.414. The molecule has 1 aromatic heterocycles. The number of rotatable bonds is 6. The highest BCUT2D eigenvalue weighted by atomic mass is 16.5. The minimum absolute atomic E-state index is 0.704. The summed E-state index contributed by atoms with van der Waals surface area (Å²) in [7, 11) is 5.35. The van der Waals surface area contributed by atoms with Gasteiger partial charge in [-0.2, -0.15) is 5.10 Å². The zero-order valence-electron chi connectivity index (χ0n) is 13.3. The number of nitrogens with zero attached hydrogens (tertiary/aromatic N) is 3. The van der Waals surface area contributed by atoms with E-state index in [0.29, 0.717) is 6.54 Å². The smallest absolute Gasteiger partial charge is 0.191 e. The molecule has 1 aromatic carbocycles. The molecule has 22 heavy (non-hydrogen) atoms. The SMILES string of the molecule is CN=C(NCCc1ccc(OC)cc1)NCc1cnn(C)c1. The maximum Gasteiger partial charge on any atom is 0.191 e. The topological polar surface area (TPSA) is 63.5 Å². The van der Waals surface area contributed by atoms with Crippen LogP contribution < -0.4 is 15.4 Å². The highest BCUT2D eigenvalue weighted by Gasteiger charge is 2.00.